The molecule has 0 aliphatic rings. The third-order valence-corrected chi connectivity index (χ3v) is 4.40. The molecule has 0 saturated carbocycles. The SMILES string of the molecule is CCCCC(CC)C(=O)c1cc(C)c(Br)cc1C. The maximum atomic E-state index is 12.6. The highest BCUT2D eigenvalue weighted by atomic mass is 79.9. The number of Topliss-reactive ketones (excluding diaryl/α,β-unsaturated/α-hetero) is 1. The van der Waals surface area contributed by atoms with Crippen molar-refractivity contribution in [2.24, 2.45) is 5.92 Å². The summed E-state index contributed by atoms with van der Waals surface area (Å²) in [6, 6.07) is 4.07. The van der Waals surface area contributed by atoms with Gasteiger partial charge in [0.05, 0.1) is 0 Å². The zero-order valence-corrected chi connectivity index (χ0v) is 13.4. The third-order valence-electron chi connectivity index (χ3n) is 3.54. The Morgan fingerprint density at radius 2 is 1.89 bits per heavy atom. The number of ketones is 1. The molecule has 1 unspecified atom stereocenters. The average Bonchev–Trinajstić information content (AvgIpc) is 2.34. The molecule has 1 rings (SSSR count). The van der Waals surface area contributed by atoms with E-state index in [1.807, 2.05) is 19.9 Å². The van der Waals surface area contributed by atoms with Gasteiger partial charge in [0.15, 0.2) is 5.78 Å². The maximum Gasteiger partial charge on any atom is 0.166 e. The van der Waals surface area contributed by atoms with Crippen molar-refractivity contribution in [2.75, 3.05) is 0 Å². The first kappa shape index (κ1) is 15.4. The van der Waals surface area contributed by atoms with Gasteiger partial charge in [0, 0.05) is 16.0 Å². The van der Waals surface area contributed by atoms with Gasteiger partial charge in [0.25, 0.3) is 0 Å². The van der Waals surface area contributed by atoms with Crippen LogP contribution in [0, 0.1) is 19.8 Å². The topological polar surface area (TPSA) is 17.1 Å². The van der Waals surface area contributed by atoms with Crippen LogP contribution in [0.3, 0.4) is 0 Å². The molecule has 0 radical (unpaired) electrons. The van der Waals surface area contributed by atoms with Crippen molar-refractivity contribution in [3.63, 3.8) is 0 Å². The Morgan fingerprint density at radius 3 is 2.44 bits per heavy atom. The summed E-state index contributed by atoms with van der Waals surface area (Å²) in [7, 11) is 0. The summed E-state index contributed by atoms with van der Waals surface area (Å²) in [6.45, 7) is 8.34. The van der Waals surface area contributed by atoms with Crippen molar-refractivity contribution in [3.8, 4) is 0 Å². The quantitative estimate of drug-likeness (QED) is 0.637. The summed E-state index contributed by atoms with van der Waals surface area (Å²) in [5, 5.41) is 0. The van der Waals surface area contributed by atoms with E-state index in [0.29, 0.717) is 5.78 Å². The molecule has 0 aliphatic carbocycles. The molecule has 0 N–H and O–H groups in total. The number of carbonyl (C=O) groups excluding carboxylic acids is 1. The summed E-state index contributed by atoms with van der Waals surface area (Å²) in [5.74, 6) is 0.503. The van der Waals surface area contributed by atoms with Crippen LogP contribution in [0.15, 0.2) is 16.6 Å². The summed E-state index contributed by atoms with van der Waals surface area (Å²) in [5.41, 5.74) is 3.11. The van der Waals surface area contributed by atoms with Crippen LogP contribution in [0.25, 0.3) is 0 Å². The molecule has 0 saturated heterocycles. The van der Waals surface area contributed by atoms with Gasteiger partial charge in [-0.1, -0.05) is 42.6 Å². The summed E-state index contributed by atoms with van der Waals surface area (Å²) in [6.07, 6.45) is 4.24. The van der Waals surface area contributed by atoms with E-state index in [1.165, 1.54) is 0 Å². The number of aryl methyl sites for hydroxylation is 2. The molecule has 1 nitrogen and oxygen atoms in total. The van der Waals surface area contributed by atoms with E-state index in [9.17, 15) is 4.79 Å². The fourth-order valence-corrected chi connectivity index (χ4v) is 2.70. The van der Waals surface area contributed by atoms with E-state index < -0.39 is 0 Å². The minimum atomic E-state index is 0.184. The number of halogens is 1. The lowest BCUT2D eigenvalue weighted by Crippen LogP contribution is -2.15. The maximum absolute atomic E-state index is 12.6. The number of benzene rings is 1. The van der Waals surface area contributed by atoms with Crippen molar-refractivity contribution in [3.05, 3.63) is 33.3 Å². The van der Waals surface area contributed by atoms with Crippen LogP contribution in [0.1, 0.15) is 61.0 Å². The van der Waals surface area contributed by atoms with Gasteiger partial charge in [0.2, 0.25) is 0 Å². The van der Waals surface area contributed by atoms with Gasteiger partial charge in [-0.05, 0) is 49.9 Å². The summed E-state index contributed by atoms with van der Waals surface area (Å²) < 4.78 is 1.08. The first-order valence-corrected chi connectivity index (χ1v) is 7.61. The van der Waals surface area contributed by atoms with Gasteiger partial charge in [0.1, 0.15) is 0 Å². The Balaban J connectivity index is 2.98. The fourth-order valence-electron chi connectivity index (χ4n) is 2.24. The molecule has 18 heavy (non-hydrogen) atoms. The van der Waals surface area contributed by atoms with Crippen LogP contribution in [0.5, 0.6) is 0 Å². The van der Waals surface area contributed by atoms with Gasteiger partial charge in [-0.25, -0.2) is 0 Å². The lowest BCUT2D eigenvalue weighted by atomic mass is 9.88. The molecule has 1 aromatic rings. The Morgan fingerprint density at radius 1 is 1.22 bits per heavy atom. The summed E-state index contributed by atoms with van der Waals surface area (Å²) in [4.78, 5) is 12.6. The summed E-state index contributed by atoms with van der Waals surface area (Å²) >= 11 is 3.51. The molecule has 0 heterocycles. The van der Waals surface area contributed by atoms with Crippen LogP contribution in [-0.2, 0) is 0 Å². The number of rotatable bonds is 6. The fraction of sp³-hybridized carbons (Fsp3) is 0.562. The highest BCUT2D eigenvalue weighted by Gasteiger charge is 2.20. The Hall–Kier alpha value is -0.630. The van der Waals surface area contributed by atoms with Crippen molar-refractivity contribution in [1.29, 1.82) is 0 Å². The molecule has 0 spiro atoms. The lowest BCUT2D eigenvalue weighted by molar-refractivity contribution is 0.0907. The van der Waals surface area contributed by atoms with E-state index in [-0.39, 0.29) is 5.92 Å². The monoisotopic (exact) mass is 310 g/mol. The third kappa shape index (κ3) is 3.68. The zero-order valence-electron chi connectivity index (χ0n) is 11.8. The van der Waals surface area contributed by atoms with Crippen molar-refractivity contribution < 1.29 is 4.79 Å². The van der Waals surface area contributed by atoms with E-state index in [0.717, 1.165) is 46.8 Å². The van der Waals surface area contributed by atoms with Gasteiger partial charge < -0.3 is 0 Å². The molecule has 0 amide bonds. The Bertz CT molecular complexity index is 423. The predicted molar refractivity (Wildman–Crippen MR) is 81.3 cm³/mol. The molecular formula is C16H23BrO. The largest absolute Gasteiger partial charge is 0.294 e. The van der Waals surface area contributed by atoms with E-state index in [4.69, 9.17) is 0 Å². The Labute approximate surface area is 119 Å². The van der Waals surface area contributed by atoms with Gasteiger partial charge in [-0.15, -0.1) is 0 Å². The second-order valence-electron chi connectivity index (χ2n) is 5.03. The minimum absolute atomic E-state index is 0.184. The van der Waals surface area contributed by atoms with Crippen LogP contribution >= 0.6 is 15.9 Å². The second-order valence-corrected chi connectivity index (χ2v) is 5.88. The average molecular weight is 311 g/mol. The molecule has 2 heteroatoms. The van der Waals surface area contributed by atoms with E-state index in [2.05, 4.69) is 35.8 Å². The van der Waals surface area contributed by atoms with Gasteiger partial charge >= 0.3 is 0 Å². The molecule has 0 aliphatic heterocycles. The molecule has 0 bridgehead atoms. The molecule has 0 fully saturated rings. The number of hydrogen-bond acceptors (Lipinski definition) is 1. The van der Waals surface area contributed by atoms with Crippen molar-refractivity contribution in [1.82, 2.24) is 0 Å². The van der Waals surface area contributed by atoms with Crippen molar-refractivity contribution >= 4 is 21.7 Å². The highest BCUT2D eigenvalue weighted by molar-refractivity contribution is 9.10. The van der Waals surface area contributed by atoms with Crippen LogP contribution in [-0.4, -0.2) is 5.78 Å². The number of hydrogen-bond donors (Lipinski definition) is 0. The van der Waals surface area contributed by atoms with Crippen molar-refractivity contribution in [2.45, 2.75) is 53.4 Å². The zero-order chi connectivity index (χ0) is 13.7. The van der Waals surface area contributed by atoms with Crippen LogP contribution < -0.4 is 0 Å². The van der Waals surface area contributed by atoms with Crippen LogP contribution in [0.2, 0.25) is 0 Å². The minimum Gasteiger partial charge on any atom is -0.294 e. The highest BCUT2D eigenvalue weighted by Crippen LogP contribution is 2.25. The molecule has 1 aromatic carbocycles. The lowest BCUT2D eigenvalue weighted by Gasteiger charge is -2.16. The first-order valence-electron chi connectivity index (χ1n) is 6.82. The molecule has 1 atom stereocenters. The standard InChI is InChI=1S/C16H23BrO/c1-5-7-8-13(6-2)16(18)14-9-12(4)15(17)10-11(14)3/h9-10,13H,5-8H2,1-4H3. The molecular weight excluding hydrogens is 288 g/mol. The number of carbonyl (C=O) groups is 1. The molecule has 100 valence electrons. The molecule has 0 aromatic heterocycles. The smallest absolute Gasteiger partial charge is 0.166 e. The van der Waals surface area contributed by atoms with Gasteiger partial charge in [-0.3, -0.25) is 4.79 Å². The predicted octanol–water partition coefficient (Wildman–Crippen LogP) is 5.47. The van der Waals surface area contributed by atoms with E-state index >= 15 is 0 Å². The van der Waals surface area contributed by atoms with Gasteiger partial charge in [-0.2, -0.15) is 0 Å². The Kier molecular flexibility index (Phi) is 6.07. The number of unbranched alkanes of at least 4 members (excludes halogenated alkanes) is 1. The van der Waals surface area contributed by atoms with E-state index in [1.54, 1.807) is 0 Å². The van der Waals surface area contributed by atoms with Crippen LogP contribution in [0.4, 0.5) is 0 Å². The first-order chi connectivity index (χ1) is 8.51. The normalized spacial score (nSPS) is 12.5. The second kappa shape index (κ2) is 7.08.